The Balaban J connectivity index is 2.58. The molecule has 110 valence electrons. The molecule has 0 saturated carbocycles. The van der Waals surface area contributed by atoms with Crippen LogP contribution in [-0.2, 0) is 14.3 Å². The minimum Gasteiger partial charge on any atom is -0.469 e. The highest BCUT2D eigenvalue weighted by Gasteiger charge is 2.34. The van der Waals surface area contributed by atoms with E-state index in [4.69, 9.17) is 4.74 Å². The van der Waals surface area contributed by atoms with E-state index in [9.17, 15) is 14.0 Å². The largest absolute Gasteiger partial charge is 0.469 e. The van der Waals surface area contributed by atoms with Crippen LogP contribution in [0.15, 0.2) is 0 Å². The van der Waals surface area contributed by atoms with Gasteiger partial charge in [-0.2, -0.15) is 0 Å². The Morgan fingerprint density at radius 2 is 2.00 bits per heavy atom. The molecule has 19 heavy (non-hydrogen) atoms. The molecular weight excluding hydrogens is 253 g/mol. The lowest BCUT2D eigenvalue weighted by Crippen LogP contribution is -2.47. The van der Waals surface area contributed by atoms with Gasteiger partial charge in [0.25, 0.3) is 0 Å². The Morgan fingerprint density at radius 3 is 2.53 bits per heavy atom. The molecule has 0 aromatic rings. The first-order chi connectivity index (χ1) is 8.73. The lowest BCUT2D eigenvalue weighted by Gasteiger charge is -2.35. The molecule has 1 aliphatic rings. The molecule has 1 fully saturated rings. The van der Waals surface area contributed by atoms with E-state index in [1.54, 1.807) is 20.8 Å². The van der Waals surface area contributed by atoms with Crippen molar-refractivity contribution in [1.82, 2.24) is 4.90 Å². The second-order valence-electron chi connectivity index (χ2n) is 5.77. The fourth-order valence-corrected chi connectivity index (χ4v) is 1.99. The van der Waals surface area contributed by atoms with Gasteiger partial charge in [0.05, 0.1) is 13.5 Å². The van der Waals surface area contributed by atoms with Crippen molar-refractivity contribution in [2.45, 2.75) is 45.4 Å². The Bertz CT molecular complexity index is 340. The van der Waals surface area contributed by atoms with Crippen LogP contribution < -0.4 is 0 Å². The van der Waals surface area contributed by atoms with E-state index < -0.39 is 29.8 Å². The SMILES string of the molecule is COC(=O)C[C@H]1CN(C(=O)OC(C)(C)C)CC[C@H]1F. The molecule has 0 unspecified atom stereocenters. The number of methoxy groups -OCH3 is 1. The lowest BCUT2D eigenvalue weighted by molar-refractivity contribution is -0.143. The fraction of sp³-hybridized carbons (Fsp3) is 0.846. The van der Waals surface area contributed by atoms with Crippen molar-refractivity contribution in [3.05, 3.63) is 0 Å². The number of hydrogen-bond donors (Lipinski definition) is 0. The van der Waals surface area contributed by atoms with Crippen LogP contribution in [0.2, 0.25) is 0 Å². The molecule has 1 aliphatic heterocycles. The molecule has 0 aromatic heterocycles. The molecule has 2 atom stereocenters. The summed E-state index contributed by atoms with van der Waals surface area (Å²) in [7, 11) is 1.27. The maximum absolute atomic E-state index is 13.7. The number of rotatable bonds is 2. The zero-order chi connectivity index (χ0) is 14.6. The predicted octanol–water partition coefficient (Wildman–Crippen LogP) is 2.14. The van der Waals surface area contributed by atoms with Gasteiger partial charge in [-0.1, -0.05) is 0 Å². The van der Waals surface area contributed by atoms with Gasteiger partial charge in [0.15, 0.2) is 0 Å². The highest BCUT2D eigenvalue weighted by Crippen LogP contribution is 2.25. The second kappa shape index (κ2) is 6.21. The number of likely N-dealkylation sites (tertiary alicyclic amines) is 1. The average Bonchev–Trinajstić information content (AvgIpc) is 2.29. The number of nitrogens with zero attached hydrogens (tertiary/aromatic N) is 1. The van der Waals surface area contributed by atoms with Crippen LogP contribution in [0.4, 0.5) is 9.18 Å². The topological polar surface area (TPSA) is 55.8 Å². The van der Waals surface area contributed by atoms with Crippen molar-refractivity contribution in [3.63, 3.8) is 0 Å². The number of alkyl halides is 1. The van der Waals surface area contributed by atoms with Crippen LogP contribution in [0, 0.1) is 5.92 Å². The predicted molar refractivity (Wildman–Crippen MR) is 67.4 cm³/mol. The summed E-state index contributed by atoms with van der Waals surface area (Å²) in [5.74, 6) is -0.979. The Kier molecular flexibility index (Phi) is 5.14. The third kappa shape index (κ3) is 5.04. The number of halogens is 1. The molecule has 1 saturated heterocycles. The van der Waals surface area contributed by atoms with Crippen molar-refractivity contribution in [1.29, 1.82) is 0 Å². The van der Waals surface area contributed by atoms with E-state index in [2.05, 4.69) is 4.74 Å². The molecule has 0 spiro atoms. The molecule has 0 N–H and O–H groups in total. The standard InChI is InChI=1S/C13H22FNO4/c1-13(2,3)19-12(17)15-6-5-10(14)9(8-15)7-11(16)18-4/h9-10H,5-8H2,1-4H3/t9-,10+/m0/s1. The van der Waals surface area contributed by atoms with Gasteiger partial charge >= 0.3 is 12.1 Å². The molecule has 1 heterocycles. The van der Waals surface area contributed by atoms with Gasteiger partial charge in [0, 0.05) is 19.0 Å². The van der Waals surface area contributed by atoms with Crippen molar-refractivity contribution in [2.24, 2.45) is 5.92 Å². The van der Waals surface area contributed by atoms with Gasteiger partial charge in [0.1, 0.15) is 11.8 Å². The molecule has 5 nitrogen and oxygen atoms in total. The Hall–Kier alpha value is -1.33. The maximum atomic E-state index is 13.7. The quantitative estimate of drug-likeness (QED) is 0.725. The maximum Gasteiger partial charge on any atom is 0.410 e. The molecule has 0 radical (unpaired) electrons. The number of carbonyl (C=O) groups is 2. The fourth-order valence-electron chi connectivity index (χ4n) is 1.99. The lowest BCUT2D eigenvalue weighted by atomic mass is 9.93. The molecule has 6 heteroatoms. The number of esters is 1. The summed E-state index contributed by atoms with van der Waals surface area (Å²) in [4.78, 5) is 24.5. The first-order valence-corrected chi connectivity index (χ1v) is 6.41. The Morgan fingerprint density at radius 1 is 1.37 bits per heavy atom. The van der Waals surface area contributed by atoms with Crippen LogP contribution in [0.25, 0.3) is 0 Å². The minimum absolute atomic E-state index is 0.0169. The minimum atomic E-state index is -1.09. The monoisotopic (exact) mass is 275 g/mol. The van der Waals surface area contributed by atoms with Crippen LogP contribution in [0.1, 0.15) is 33.6 Å². The van der Waals surface area contributed by atoms with Crippen molar-refractivity contribution < 1.29 is 23.5 Å². The number of carbonyl (C=O) groups excluding carboxylic acids is 2. The summed E-state index contributed by atoms with van der Waals surface area (Å²) in [5, 5.41) is 0. The highest BCUT2D eigenvalue weighted by atomic mass is 19.1. The van der Waals surface area contributed by atoms with Gasteiger partial charge in [-0.25, -0.2) is 9.18 Å². The number of ether oxygens (including phenoxy) is 2. The summed E-state index contributed by atoms with van der Waals surface area (Å²) in [5.41, 5.74) is -0.582. The van der Waals surface area contributed by atoms with Crippen molar-refractivity contribution >= 4 is 12.1 Å². The molecule has 0 bridgehead atoms. The third-order valence-electron chi connectivity index (χ3n) is 2.95. The van der Waals surface area contributed by atoms with Gasteiger partial charge in [-0.15, -0.1) is 0 Å². The number of piperidine rings is 1. The normalized spacial score (nSPS) is 23.9. The van der Waals surface area contributed by atoms with Crippen LogP contribution in [0.5, 0.6) is 0 Å². The molecule has 0 aromatic carbocycles. The van der Waals surface area contributed by atoms with E-state index in [0.29, 0.717) is 6.54 Å². The smallest absolute Gasteiger partial charge is 0.410 e. The Labute approximate surface area is 113 Å². The molecular formula is C13H22FNO4. The van der Waals surface area contributed by atoms with Crippen molar-refractivity contribution in [2.75, 3.05) is 20.2 Å². The summed E-state index contributed by atoms with van der Waals surface area (Å²) >= 11 is 0. The van der Waals surface area contributed by atoms with Gasteiger partial charge in [-0.3, -0.25) is 4.79 Å². The second-order valence-corrected chi connectivity index (χ2v) is 5.77. The summed E-state index contributed by atoms with van der Waals surface area (Å²) in [6.07, 6.45) is -1.34. The van der Waals surface area contributed by atoms with E-state index in [1.165, 1.54) is 12.0 Å². The summed E-state index contributed by atoms with van der Waals surface area (Å²) < 4.78 is 23.5. The number of amides is 1. The van der Waals surface area contributed by atoms with Crippen LogP contribution >= 0.6 is 0 Å². The van der Waals surface area contributed by atoms with Gasteiger partial charge in [0.2, 0.25) is 0 Å². The van der Waals surface area contributed by atoms with Crippen LogP contribution in [-0.4, -0.2) is 48.9 Å². The van der Waals surface area contributed by atoms with Gasteiger partial charge in [-0.05, 0) is 27.2 Å². The van der Waals surface area contributed by atoms with Crippen molar-refractivity contribution in [3.8, 4) is 0 Å². The van der Waals surface area contributed by atoms with Gasteiger partial charge < -0.3 is 14.4 Å². The van der Waals surface area contributed by atoms with Crippen LogP contribution in [0.3, 0.4) is 0 Å². The van der Waals surface area contributed by atoms with E-state index in [0.717, 1.165) is 0 Å². The van der Waals surface area contributed by atoms with E-state index in [1.807, 2.05) is 0 Å². The zero-order valence-corrected chi connectivity index (χ0v) is 11.9. The van der Waals surface area contributed by atoms with E-state index >= 15 is 0 Å². The molecule has 0 aliphatic carbocycles. The third-order valence-corrected chi connectivity index (χ3v) is 2.95. The number of hydrogen-bond acceptors (Lipinski definition) is 4. The first kappa shape index (κ1) is 15.7. The molecule has 1 rings (SSSR count). The summed E-state index contributed by atoms with van der Waals surface area (Å²) in [6, 6.07) is 0. The average molecular weight is 275 g/mol. The molecule has 1 amide bonds. The highest BCUT2D eigenvalue weighted by molar-refractivity contribution is 5.70. The zero-order valence-electron chi connectivity index (χ0n) is 11.9. The summed E-state index contributed by atoms with van der Waals surface area (Å²) in [6.45, 7) is 5.83. The van der Waals surface area contributed by atoms with E-state index in [-0.39, 0.29) is 19.4 Å². The first-order valence-electron chi connectivity index (χ1n) is 6.41.